The van der Waals surface area contributed by atoms with Crippen molar-refractivity contribution in [3.8, 4) is 0 Å². The molecule has 0 aromatic carbocycles. The second-order valence-electron chi connectivity index (χ2n) is 8.79. The van der Waals surface area contributed by atoms with E-state index in [0.29, 0.717) is 18.3 Å². The van der Waals surface area contributed by atoms with Crippen LogP contribution in [0.5, 0.6) is 0 Å². The van der Waals surface area contributed by atoms with Gasteiger partial charge in [-0.3, -0.25) is 0 Å². The molecule has 4 heteroatoms. The number of cyclic esters (lactones) is 1. The van der Waals surface area contributed by atoms with Gasteiger partial charge in [0.25, 0.3) is 0 Å². The van der Waals surface area contributed by atoms with E-state index in [1.165, 1.54) is 5.57 Å². The zero-order valence-corrected chi connectivity index (χ0v) is 16.8. The van der Waals surface area contributed by atoms with Crippen molar-refractivity contribution in [1.82, 2.24) is 0 Å². The maximum absolute atomic E-state index is 12.7. The van der Waals surface area contributed by atoms with Crippen LogP contribution in [0.15, 0.2) is 46.3 Å². The van der Waals surface area contributed by atoms with Crippen molar-refractivity contribution in [3.05, 3.63) is 46.3 Å². The molecule has 0 saturated heterocycles. The molecule has 148 valence electrons. The van der Waals surface area contributed by atoms with Gasteiger partial charge in [-0.25, -0.2) is 9.59 Å². The van der Waals surface area contributed by atoms with Gasteiger partial charge < -0.3 is 9.47 Å². The smallest absolute Gasteiger partial charge is 0.339 e. The summed E-state index contributed by atoms with van der Waals surface area (Å²) < 4.78 is 11.8. The summed E-state index contributed by atoms with van der Waals surface area (Å²) in [6, 6.07) is 0. The minimum Gasteiger partial charge on any atom is -0.450 e. The lowest BCUT2D eigenvalue weighted by molar-refractivity contribution is -0.203. The summed E-state index contributed by atoms with van der Waals surface area (Å²) in [5.41, 5.74) is 3.46. The molecule has 1 fully saturated rings. The van der Waals surface area contributed by atoms with Gasteiger partial charge in [0.05, 0.1) is 5.57 Å². The van der Waals surface area contributed by atoms with E-state index in [1.807, 2.05) is 6.08 Å². The molecule has 0 aromatic heterocycles. The van der Waals surface area contributed by atoms with Crippen LogP contribution in [0.4, 0.5) is 0 Å². The van der Waals surface area contributed by atoms with Gasteiger partial charge in [0.15, 0.2) is 0 Å². The molecule has 3 aliphatic carbocycles. The van der Waals surface area contributed by atoms with Gasteiger partial charge in [-0.1, -0.05) is 38.8 Å². The lowest BCUT2D eigenvalue weighted by atomic mass is 9.45. The Morgan fingerprint density at radius 2 is 2.00 bits per heavy atom. The summed E-state index contributed by atoms with van der Waals surface area (Å²) in [6.45, 7) is 4.33. The maximum atomic E-state index is 12.7. The Bertz CT molecular complexity index is 871. The van der Waals surface area contributed by atoms with Crippen LogP contribution in [0, 0.1) is 17.8 Å². The van der Waals surface area contributed by atoms with Gasteiger partial charge in [0.2, 0.25) is 0 Å². The number of fused-ring (bicyclic) bond motifs is 3. The minimum absolute atomic E-state index is 0.164. The van der Waals surface area contributed by atoms with Crippen molar-refractivity contribution in [2.24, 2.45) is 17.8 Å². The van der Waals surface area contributed by atoms with Crippen LogP contribution >= 0.6 is 0 Å². The minimum atomic E-state index is -0.480. The van der Waals surface area contributed by atoms with E-state index in [0.717, 1.165) is 67.4 Å². The first kappa shape index (κ1) is 18.0. The first-order valence-corrected chi connectivity index (χ1v) is 10.9. The van der Waals surface area contributed by atoms with Crippen LogP contribution in [0.3, 0.4) is 0 Å². The second-order valence-corrected chi connectivity index (χ2v) is 8.79. The standard InChI is InChI=1S/C24H28O4/c1-3-5-11-21-15-12-17-18(8-4-2)24(20(17)13-16(15)22(25)27-21)19-10-7-6-9-14(19)23(26)28-24/h6,9,11,17-18,20H,3-5,7-8,10,12-13H2,1-2H3/b21-11+. The molecule has 4 unspecified atom stereocenters. The summed E-state index contributed by atoms with van der Waals surface area (Å²) >= 11 is 0. The highest BCUT2D eigenvalue weighted by atomic mass is 16.6. The van der Waals surface area contributed by atoms with Crippen molar-refractivity contribution in [3.63, 3.8) is 0 Å². The molecule has 2 heterocycles. The molecule has 5 aliphatic rings. The predicted octanol–water partition coefficient (Wildman–Crippen LogP) is 4.92. The van der Waals surface area contributed by atoms with Gasteiger partial charge in [0, 0.05) is 23.0 Å². The molecule has 4 nitrogen and oxygen atoms in total. The summed E-state index contributed by atoms with van der Waals surface area (Å²) in [4.78, 5) is 25.2. The maximum Gasteiger partial charge on any atom is 0.339 e. The number of rotatable bonds is 4. The van der Waals surface area contributed by atoms with Crippen LogP contribution in [0.1, 0.15) is 65.2 Å². The molecule has 0 bridgehead atoms. The third kappa shape index (κ3) is 2.23. The highest BCUT2D eigenvalue weighted by molar-refractivity contribution is 5.98. The van der Waals surface area contributed by atoms with Gasteiger partial charge in [-0.05, 0) is 56.1 Å². The summed E-state index contributed by atoms with van der Waals surface area (Å²) in [6.07, 6.45) is 13.6. The molecule has 2 aliphatic heterocycles. The second kappa shape index (κ2) is 6.47. The average Bonchev–Trinajstić information content (AvgIpc) is 3.19. The van der Waals surface area contributed by atoms with E-state index in [-0.39, 0.29) is 17.9 Å². The summed E-state index contributed by atoms with van der Waals surface area (Å²) in [5, 5.41) is 0. The van der Waals surface area contributed by atoms with Crippen molar-refractivity contribution in [1.29, 1.82) is 0 Å². The normalized spacial score (nSPS) is 37.1. The Hall–Kier alpha value is -2.10. The Kier molecular flexibility index (Phi) is 4.15. The van der Waals surface area contributed by atoms with E-state index in [2.05, 4.69) is 26.0 Å². The van der Waals surface area contributed by atoms with Gasteiger partial charge >= 0.3 is 11.9 Å². The summed E-state index contributed by atoms with van der Waals surface area (Å²) in [5.74, 6) is 1.46. The molecule has 5 rings (SSSR count). The SMILES string of the molecule is CCC/C=C1/OC(=O)C2=C1CC1C(CCC)C3(OC(=O)C4=C3CCC=C4)C1C2. The van der Waals surface area contributed by atoms with Crippen LogP contribution in [-0.2, 0) is 19.1 Å². The van der Waals surface area contributed by atoms with Crippen molar-refractivity contribution < 1.29 is 19.1 Å². The average molecular weight is 380 g/mol. The zero-order valence-electron chi connectivity index (χ0n) is 16.8. The van der Waals surface area contributed by atoms with Gasteiger partial charge in [-0.2, -0.15) is 0 Å². The fourth-order valence-corrected chi connectivity index (χ4v) is 6.35. The highest BCUT2D eigenvalue weighted by Gasteiger charge is 2.69. The molecule has 0 amide bonds. The van der Waals surface area contributed by atoms with E-state index in [9.17, 15) is 9.59 Å². The van der Waals surface area contributed by atoms with E-state index in [1.54, 1.807) is 0 Å². The first-order chi connectivity index (χ1) is 13.6. The molecular formula is C24H28O4. The van der Waals surface area contributed by atoms with Crippen LogP contribution < -0.4 is 0 Å². The zero-order chi connectivity index (χ0) is 19.5. The van der Waals surface area contributed by atoms with Gasteiger partial charge in [0.1, 0.15) is 11.4 Å². The molecule has 28 heavy (non-hydrogen) atoms. The number of unbranched alkanes of at least 4 members (excludes halogenated alkanes) is 1. The van der Waals surface area contributed by atoms with Crippen LogP contribution in [0.2, 0.25) is 0 Å². The number of hydrogen-bond acceptors (Lipinski definition) is 4. The van der Waals surface area contributed by atoms with E-state index in [4.69, 9.17) is 9.47 Å². The number of esters is 2. The monoisotopic (exact) mass is 380 g/mol. The molecule has 0 N–H and O–H groups in total. The topological polar surface area (TPSA) is 52.6 Å². The molecule has 0 aromatic rings. The predicted molar refractivity (Wildman–Crippen MR) is 105 cm³/mol. The largest absolute Gasteiger partial charge is 0.450 e. The van der Waals surface area contributed by atoms with E-state index >= 15 is 0 Å². The Labute approximate surface area is 166 Å². The number of carbonyl (C=O) groups is 2. The Morgan fingerprint density at radius 3 is 2.79 bits per heavy atom. The lowest BCUT2D eigenvalue weighted by Crippen LogP contribution is -2.64. The van der Waals surface area contributed by atoms with E-state index < -0.39 is 5.60 Å². The van der Waals surface area contributed by atoms with Gasteiger partial charge in [-0.15, -0.1) is 0 Å². The molecule has 0 radical (unpaired) electrons. The fourth-order valence-electron chi connectivity index (χ4n) is 6.35. The first-order valence-electron chi connectivity index (χ1n) is 10.9. The number of allylic oxidation sites excluding steroid dienone is 3. The number of hydrogen-bond donors (Lipinski definition) is 0. The molecule has 1 saturated carbocycles. The molecule has 4 atom stereocenters. The Balaban J connectivity index is 1.54. The number of ether oxygens (including phenoxy) is 2. The summed E-state index contributed by atoms with van der Waals surface area (Å²) in [7, 11) is 0. The third-order valence-corrected chi connectivity index (χ3v) is 7.45. The fraction of sp³-hybridized carbons (Fsp3) is 0.583. The van der Waals surface area contributed by atoms with Crippen molar-refractivity contribution >= 4 is 11.9 Å². The van der Waals surface area contributed by atoms with Crippen molar-refractivity contribution in [2.75, 3.05) is 0 Å². The number of carbonyl (C=O) groups excluding carboxylic acids is 2. The third-order valence-electron chi connectivity index (χ3n) is 7.45. The Morgan fingerprint density at radius 1 is 1.14 bits per heavy atom. The molecule has 1 spiro atoms. The lowest BCUT2D eigenvalue weighted by Gasteiger charge is -2.61. The highest BCUT2D eigenvalue weighted by Crippen LogP contribution is 2.67. The van der Waals surface area contributed by atoms with Crippen molar-refractivity contribution in [2.45, 2.75) is 70.8 Å². The quantitative estimate of drug-likeness (QED) is 0.650. The molecular weight excluding hydrogens is 352 g/mol. The van der Waals surface area contributed by atoms with Crippen LogP contribution in [0.25, 0.3) is 0 Å². The van der Waals surface area contributed by atoms with Crippen LogP contribution in [-0.4, -0.2) is 17.5 Å².